The van der Waals surface area contributed by atoms with Gasteiger partial charge in [-0.15, -0.1) is 0 Å². The fourth-order valence-electron chi connectivity index (χ4n) is 3.63. The van der Waals surface area contributed by atoms with Crippen LogP contribution in [0.5, 0.6) is 11.5 Å². The van der Waals surface area contributed by atoms with E-state index in [1.807, 2.05) is 12.1 Å². The van der Waals surface area contributed by atoms with Crippen LogP contribution in [0.1, 0.15) is 11.8 Å². The average Bonchev–Trinajstić information content (AvgIpc) is 3.31. The van der Waals surface area contributed by atoms with Crippen molar-refractivity contribution in [3.8, 4) is 23.0 Å². The van der Waals surface area contributed by atoms with E-state index in [-0.39, 0.29) is 0 Å². The number of hydrogen-bond acceptors (Lipinski definition) is 11. The Hall–Kier alpha value is -3.03. The molecule has 172 valence electrons. The maximum absolute atomic E-state index is 10.4. The second-order valence-electron chi connectivity index (χ2n) is 7.34. The molecule has 0 radical (unpaired) electrons. The standard InChI is InChI=1S/C20H25N5O7/c1-30-11-3-10(4-12(5-11)31-2)6-21-18-14-19(23-8-22-14)25(9-24-18)20-17(29)16(28)15(27)13(7-26)32-20/h3-5,8-9,13,15-17,20-21,26-29H,6-7H2,1-2H3/t13-,15-,16+,17-,20?/m1/s1. The summed E-state index contributed by atoms with van der Waals surface area (Å²) in [6, 6.07) is 5.50. The Morgan fingerprint density at radius 3 is 2.38 bits per heavy atom. The quantitative estimate of drug-likeness (QED) is 0.313. The Balaban J connectivity index is 1.59. The number of ether oxygens (including phenoxy) is 3. The summed E-state index contributed by atoms with van der Waals surface area (Å²) >= 11 is 0. The van der Waals surface area contributed by atoms with Crippen LogP contribution in [0.15, 0.2) is 30.9 Å². The van der Waals surface area contributed by atoms with Gasteiger partial charge in [0.2, 0.25) is 0 Å². The van der Waals surface area contributed by atoms with Crippen LogP contribution >= 0.6 is 0 Å². The number of aliphatic hydroxyl groups is 4. The van der Waals surface area contributed by atoms with Gasteiger partial charge < -0.3 is 40.0 Å². The first kappa shape index (κ1) is 22.2. The van der Waals surface area contributed by atoms with Gasteiger partial charge in [0.25, 0.3) is 0 Å². The van der Waals surface area contributed by atoms with Crippen molar-refractivity contribution in [1.29, 1.82) is 0 Å². The van der Waals surface area contributed by atoms with Crippen LogP contribution in [0.25, 0.3) is 11.5 Å². The van der Waals surface area contributed by atoms with Crippen LogP contribution in [0.2, 0.25) is 0 Å². The molecule has 0 bridgehead atoms. The third-order valence-electron chi connectivity index (χ3n) is 5.37. The summed E-state index contributed by atoms with van der Waals surface area (Å²) < 4.78 is 17.6. The molecule has 0 aromatic heterocycles. The van der Waals surface area contributed by atoms with E-state index in [1.165, 1.54) is 17.2 Å². The van der Waals surface area contributed by atoms with E-state index in [9.17, 15) is 20.4 Å². The predicted molar refractivity (Wildman–Crippen MR) is 110 cm³/mol. The zero-order valence-electron chi connectivity index (χ0n) is 17.5. The van der Waals surface area contributed by atoms with Crippen LogP contribution in [0, 0.1) is 0 Å². The van der Waals surface area contributed by atoms with Gasteiger partial charge >= 0.3 is 0 Å². The molecule has 12 heteroatoms. The zero-order chi connectivity index (χ0) is 22.8. The van der Waals surface area contributed by atoms with Gasteiger partial charge in [-0.3, -0.25) is 4.57 Å². The lowest BCUT2D eigenvalue weighted by Crippen LogP contribution is -2.56. The number of fused-ring (bicyclic) bond motifs is 1. The van der Waals surface area contributed by atoms with Gasteiger partial charge in [-0.2, -0.15) is 0 Å². The van der Waals surface area contributed by atoms with Crippen molar-refractivity contribution >= 4 is 5.82 Å². The molecule has 0 amide bonds. The van der Waals surface area contributed by atoms with E-state index in [4.69, 9.17) is 14.2 Å². The number of hydrogen-bond donors (Lipinski definition) is 5. The molecule has 0 saturated carbocycles. The highest BCUT2D eigenvalue weighted by Gasteiger charge is 2.45. The summed E-state index contributed by atoms with van der Waals surface area (Å²) in [7, 11) is 3.15. The van der Waals surface area contributed by atoms with Crippen molar-refractivity contribution in [3.05, 3.63) is 36.4 Å². The number of nitrogens with one attached hydrogen (secondary N) is 1. The van der Waals surface area contributed by atoms with E-state index < -0.39 is 37.3 Å². The molecule has 0 aliphatic carbocycles. The molecule has 4 rings (SSSR count). The molecule has 32 heavy (non-hydrogen) atoms. The van der Waals surface area contributed by atoms with Gasteiger partial charge in [0.05, 0.1) is 20.8 Å². The molecule has 5 atom stereocenters. The van der Waals surface area contributed by atoms with E-state index in [0.29, 0.717) is 35.4 Å². The number of benzene rings is 1. The molecular weight excluding hydrogens is 422 g/mol. The maximum Gasteiger partial charge on any atom is 0.167 e. The molecule has 1 aromatic carbocycles. The zero-order valence-corrected chi connectivity index (χ0v) is 17.5. The van der Waals surface area contributed by atoms with Crippen LogP contribution < -0.4 is 14.8 Å². The Bertz CT molecular complexity index is 1010. The van der Waals surface area contributed by atoms with Crippen molar-refractivity contribution in [2.45, 2.75) is 37.2 Å². The highest BCUT2D eigenvalue weighted by molar-refractivity contribution is 5.67. The van der Waals surface area contributed by atoms with E-state index >= 15 is 0 Å². The first-order chi connectivity index (χ1) is 15.5. The second kappa shape index (κ2) is 9.22. The molecule has 3 heterocycles. The third-order valence-corrected chi connectivity index (χ3v) is 5.37. The van der Waals surface area contributed by atoms with Crippen LogP contribution in [-0.4, -0.2) is 85.2 Å². The monoisotopic (exact) mass is 447 g/mol. The molecule has 5 N–H and O–H groups in total. The van der Waals surface area contributed by atoms with E-state index in [2.05, 4.69) is 20.3 Å². The maximum atomic E-state index is 10.4. The van der Waals surface area contributed by atoms with Gasteiger partial charge in [0.1, 0.15) is 48.6 Å². The smallest absolute Gasteiger partial charge is 0.167 e. The number of aromatic nitrogens is 4. The van der Waals surface area contributed by atoms with Crippen LogP contribution in [0.4, 0.5) is 5.82 Å². The van der Waals surface area contributed by atoms with Gasteiger partial charge in [-0.25, -0.2) is 15.0 Å². The van der Waals surface area contributed by atoms with Crippen molar-refractivity contribution < 1.29 is 34.6 Å². The largest absolute Gasteiger partial charge is 0.497 e. The number of imidazole rings is 1. The van der Waals surface area contributed by atoms with E-state index in [1.54, 1.807) is 20.3 Å². The summed E-state index contributed by atoms with van der Waals surface area (Å²) in [4.78, 5) is 12.8. The third kappa shape index (κ3) is 4.06. The lowest BCUT2D eigenvalue weighted by Gasteiger charge is -2.41. The molecule has 3 aliphatic rings. The molecule has 1 unspecified atom stereocenters. The fourth-order valence-corrected chi connectivity index (χ4v) is 3.63. The predicted octanol–water partition coefficient (Wildman–Crippen LogP) is -0.620. The summed E-state index contributed by atoms with van der Waals surface area (Å²) in [6.07, 6.45) is -3.90. The molecule has 1 saturated heterocycles. The minimum atomic E-state index is -1.52. The summed E-state index contributed by atoms with van der Waals surface area (Å²) in [5.41, 5.74) is 1.31. The Kier molecular flexibility index (Phi) is 6.39. The topological polar surface area (TPSA) is 164 Å². The molecule has 3 aliphatic heterocycles. The summed E-state index contributed by atoms with van der Waals surface area (Å²) in [5.74, 6) is 2.09. The number of anilines is 1. The first-order valence-electron chi connectivity index (χ1n) is 9.90. The molecule has 1 aromatic rings. The minimum Gasteiger partial charge on any atom is -0.497 e. The van der Waals surface area contributed by atoms with Crippen molar-refractivity contribution in [3.63, 3.8) is 0 Å². The molecule has 0 spiro atoms. The molecule has 12 nitrogen and oxygen atoms in total. The lowest BCUT2D eigenvalue weighted by atomic mass is 9.98. The van der Waals surface area contributed by atoms with Crippen molar-refractivity contribution in [2.75, 3.05) is 26.1 Å². The number of rotatable bonds is 7. The Labute approximate surface area is 183 Å². The first-order valence-corrected chi connectivity index (χ1v) is 9.90. The van der Waals surface area contributed by atoms with Crippen LogP contribution in [0.3, 0.4) is 0 Å². The van der Waals surface area contributed by atoms with Crippen molar-refractivity contribution in [1.82, 2.24) is 19.5 Å². The molecule has 1 fully saturated rings. The Morgan fingerprint density at radius 1 is 1.00 bits per heavy atom. The van der Waals surface area contributed by atoms with E-state index in [0.717, 1.165) is 5.56 Å². The lowest BCUT2D eigenvalue weighted by molar-refractivity contribution is -0.251. The number of aliphatic hydroxyl groups excluding tert-OH is 4. The minimum absolute atomic E-state index is 0.343. The average molecular weight is 447 g/mol. The normalized spacial score (nSPS) is 25.6. The molecular formula is C20H25N5O7. The van der Waals surface area contributed by atoms with Crippen molar-refractivity contribution in [2.24, 2.45) is 0 Å². The Morgan fingerprint density at radius 2 is 1.72 bits per heavy atom. The van der Waals surface area contributed by atoms with Gasteiger partial charge in [0.15, 0.2) is 23.6 Å². The fraction of sp³-hybridized carbons (Fsp3) is 0.450. The highest BCUT2D eigenvalue weighted by Crippen LogP contribution is 2.34. The SMILES string of the molecule is COc1cc(CNc2ncn(C3O[C@H](CO)[C@@H](O)[C@H](O)[C@H]3O)c3ncnc2-3)cc(OC)c1. The van der Waals surface area contributed by atoms with Gasteiger partial charge in [0, 0.05) is 12.6 Å². The summed E-state index contributed by atoms with van der Waals surface area (Å²) in [5, 5.41) is 43.2. The van der Waals surface area contributed by atoms with Gasteiger partial charge in [-0.1, -0.05) is 0 Å². The van der Waals surface area contributed by atoms with Gasteiger partial charge in [-0.05, 0) is 17.7 Å². The number of nitrogens with zero attached hydrogens (tertiary/aromatic N) is 4. The number of methoxy groups -OCH3 is 2. The second-order valence-corrected chi connectivity index (χ2v) is 7.34. The summed E-state index contributed by atoms with van der Waals surface area (Å²) in [6.45, 7) is -0.137. The van der Waals surface area contributed by atoms with Crippen LogP contribution in [-0.2, 0) is 11.3 Å². The highest BCUT2D eigenvalue weighted by atomic mass is 16.6.